The lowest BCUT2D eigenvalue weighted by Crippen LogP contribution is -2.27. The molecule has 0 amide bonds. The van der Waals surface area contributed by atoms with Crippen LogP contribution in [0.15, 0.2) is 24.3 Å². The number of aromatic nitrogens is 3. The third-order valence-electron chi connectivity index (χ3n) is 4.85. The molecule has 5 heteroatoms. The van der Waals surface area contributed by atoms with E-state index in [9.17, 15) is 4.79 Å². The molecular weight excluding hydrogens is 290 g/mol. The zero-order chi connectivity index (χ0) is 16.6. The molecule has 1 unspecified atom stereocenters. The number of carboxylic acids is 1. The van der Waals surface area contributed by atoms with Crippen molar-refractivity contribution in [3.05, 3.63) is 46.8 Å². The molecule has 122 valence electrons. The van der Waals surface area contributed by atoms with E-state index in [1.165, 1.54) is 12.1 Å². The Morgan fingerprint density at radius 1 is 1.30 bits per heavy atom. The topological polar surface area (TPSA) is 68.0 Å². The summed E-state index contributed by atoms with van der Waals surface area (Å²) in [4.78, 5) is 10.9. The number of carboxylic acid groups (broad SMARTS) is 1. The van der Waals surface area contributed by atoms with Crippen LogP contribution in [0.25, 0.3) is 0 Å². The van der Waals surface area contributed by atoms with E-state index in [0.717, 1.165) is 24.1 Å². The van der Waals surface area contributed by atoms with Crippen LogP contribution in [-0.4, -0.2) is 26.1 Å². The second-order valence-electron chi connectivity index (χ2n) is 7.45. The third kappa shape index (κ3) is 3.28. The summed E-state index contributed by atoms with van der Waals surface area (Å²) in [6, 6.07) is 6.96. The van der Waals surface area contributed by atoms with Crippen molar-refractivity contribution >= 4 is 5.97 Å². The summed E-state index contributed by atoms with van der Waals surface area (Å²) in [6.07, 6.45) is 3.18. The number of rotatable bonds is 3. The fraction of sp³-hybridized carbons (Fsp3) is 0.500. The maximum Gasteiger partial charge on any atom is 0.335 e. The lowest BCUT2D eigenvalue weighted by atomic mass is 9.73. The van der Waals surface area contributed by atoms with Gasteiger partial charge in [-0.2, -0.15) is 0 Å². The number of fused-ring (bicyclic) bond motifs is 1. The van der Waals surface area contributed by atoms with Gasteiger partial charge in [-0.1, -0.05) is 38.1 Å². The van der Waals surface area contributed by atoms with E-state index < -0.39 is 5.97 Å². The predicted molar refractivity (Wildman–Crippen MR) is 87.5 cm³/mol. The van der Waals surface area contributed by atoms with E-state index in [1.807, 2.05) is 16.8 Å². The second-order valence-corrected chi connectivity index (χ2v) is 7.45. The Bertz CT molecular complexity index is 711. The van der Waals surface area contributed by atoms with Crippen molar-refractivity contribution in [1.29, 1.82) is 0 Å². The molecule has 1 atom stereocenters. The molecule has 1 N–H and O–H groups in total. The average molecular weight is 313 g/mol. The van der Waals surface area contributed by atoms with Gasteiger partial charge in [-0.15, -0.1) is 5.10 Å². The molecule has 0 spiro atoms. The van der Waals surface area contributed by atoms with E-state index >= 15 is 0 Å². The van der Waals surface area contributed by atoms with Gasteiger partial charge in [0, 0.05) is 0 Å². The van der Waals surface area contributed by atoms with Crippen molar-refractivity contribution in [2.24, 2.45) is 11.3 Å². The van der Waals surface area contributed by atoms with Crippen LogP contribution in [0.1, 0.15) is 54.5 Å². The van der Waals surface area contributed by atoms with E-state index in [1.54, 1.807) is 12.1 Å². The molecule has 1 heterocycles. The van der Waals surface area contributed by atoms with Crippen LogP contribution < -0.4 is 0 Å². The molecule has 23 heavy (non-hydrogen) atoms. The van der Waals surface area contributed by atoms with Gasteiger partial charge in [0.25, 0.3) is 0 Å². The van der Waals surface area contributed by atoms with Crippen molar-refractivity contribution in [2.75, 3.05) is 0 Å². The summed E-state index contributed by atoms with van der Waals surface area (Å²) in [6.45, 7) is 7.51. The number of hydrogen-bond acceptors (Lipinski definition) is 3. The van der Waals surface area contributed by atoms with Crippen LogP contribution in [0, 0.1) is 11.3 Å². The minimum atomic E-state index is -0.900. The summed E-state index contributed by atoms with van der Waals surface area (Å²) in [5, 5.41) is 17.7. The third-order valence-corrected chi connectivity index (χ3v) is 4.85. The Balaban J connectivity index is 1.76. The summed E-state index contributed by atoms with van der Waals surface area (Å²) in [7, 11) is 0. The molecule has 5 nitrogen and oxygen atoms in total. The lowest BCUT2D eigenvalue weighted by Gasteiger charge is -2.33. The van der Waals surface area contributed by atoms with E-state index in [4.69, 9.17) is 5.11 Å². The normalized spacial score (nSPS) is 17.8. The zero-order valence-electron chi connectivity index (χ0n) is 13.9. The van der Waals surface area contributed by atoms with E-state index in [-0.39, 0.29) is 0 Å². The largest absolute Gasteiger partial charge is 0.478 e. The van der Waals surface area contributed by atoms with Gasteiger partial charge in [0.2, 0.25) is 0 Å². The molecule has 0 fully saturated rings. The summed E-state index contributed by atoms with van der Waals surface area (Å²) < 4.78 is 1.96. The fourth-order valence-electron chi connectivity index (χ4n) is 3.24. The smallest absolute Gasteiger partial charge is 0.335 e. The SMILES string of the molecule is CC(C)(C)C1CCc2c(nnn2Cc2ccc(C(=O)O)cc2)C1. The van der Waals surface area contributed by atoms with Gasteiger partial charge >= 0.3 is 5.97 Å². The summed E-state index contributed by atoms with van der Waals surface area (Å²) >= 11 is 0. The van der Waals surface area contributed by atoms with Crippen molar-refractivity contribution < 1.29 is 9.90 Å². The van der Waals surface area contributed by atoms with Gasteiger partial charge in [0.1, 0.15) is 0 Å². The highest BCUT2D eigenvalue weighted by Gasteiger charge is 2.31. The Labute approximate surface area is 136 Å². The first-order valence-corrected chi connectivity index (χ1v) is 8.08. The second kappa shape index (κ2) is 5.80. The van der Waals surface area contributed by atoms with Crippen LogP contribution in [0.2, 0.25) is 0 Å². The number of nitrogens with zero attached hydrogens (tertiary/aromatic N) is 3. The zero-order valence-corrected chi connectivity index (χ0v) is 13.9. The van der Waals surface area contributed by atoms with Crippen LogP contribution in [-0.2, 0) is 19.4 Å². The first kappa shape index (κ1) is 15.7. The number of benzene rings is 1. The van der Waals surface area contributed by atoms with Gasteiger partial charge < -0.3 is 5.11 Å². The minimum Gasteiger partial charge on any atom is -0.478 e. The molecule has 1 aliphatic carbocycles. The van der Waals surface area contributed by atoms with E-state index in [2.05, 4.69) is 31.1 Å². The van der Waals surface area contributed by atoms with Crippen LogP contribution in [0.4, 0.5) is 0 Å². The fourth-order valence-corrected chi connectivity index (χ4v) is 3.24. The minimum absolute atomic E-state index is 0.300. The summed E-state index contributed by atoms with van der Waals surface area (Å²) in [5.74, 6) is -0.252. The molecule has 1 aliphatic rings. The molecule has 0 bridgehead atoms. The van der Waals surface area contributed by atoms with Crippen LogP contribution >= 0.6 is 0 Å². The highest BCUT2D eigenvalue weighted by Crippen LogP contribution is 2.36. The molecule has 0 aliphatic heterocycles. The Morgan fingerprint density at radius 2 is 2.00 bits per heavy atom. The van der Waals surface area contributed by atoms with Gasteiger partial charge in [-0.05, 0) is 48.3 Å². The van der Waals surface area contributed by atoms with Gasteiger partial charge in [-0.3, -0.25) is 0 Å². The monoisotopic (exact) mass is 313 g/mol. The lowest BCUT2D eigenvalue weighted by molar-refractivity contribution is 0.0697. The van der Waals surface area contributed by atoms with Gasteiger partial charge in [-0.25, -0.2) is 9.48 Å². The van der Waals surface area contributed by atoms with Crippen molar-refractivity contribution in [1.82, 2.24) is 15.0 Å². The molecule has 1 aromatic carbocycles. The molecule has 0 saturated heterocycles. The number of hydrogen-bond donors (Lipinski definition) is 1. The molecule has 0 radical (unpaired) electrons. The predicted octanol–water partition coefficient (Wildman–Crippen LogP) is 3.18. The highest BCUT2D eigenvalue weighted by atomic mass is 16.4. The molecule has 2 aromatic rings. The van der Waals surface area contributed by atoms with E-state index in [0.29, 0.717) is 23.4 Å². The Kier molecular flexibility index (Phi) is 3.96. The summed E-state index contributed by atoms with van der Waals surface area (Å²) in [5.41, 5.74) is 4.00. The first-order chi connectivity index (χ1) is 10.8. The quantitative estimate of drug-likeness (QED) is 0.945. The standard InChI is InChI=1S/C18H23N3O2/c1-18(2,3)14-8-9-16-15(10-14)19-20-21(16)11-12-4-6-13(7-5-12)17(22)23/h4-7,14H,8-11H2,1-3H3,(H,22,23). The Hall–Kier alpha value is -2.17. The first-order valence-electron chi connectivity index (χ1n) is 8.08. The number of aromatic carboxylic acids is 1. The number of carbonyl (C=O) groups is 1. The van der Waals surface area contributed by atoms with Gasteiger partial charge in [0.05, 0.1) is 23.5 Å². The molecule has 3 rings (SSSR count). The highest BCUT2D eigenvalue weighted by molar-refractivity contribution is 5.87. The molecule has 0 saturated carbocycles. The van der Waals surface area contributed by atoms with Crippen LogP contribution in [0.3, 0.4) is 0 Å². The maximum atomic E-state index is 10.9. The Morgan fingerprint density at radius 3 is 2.61 bits per heavy atom. The average Bonchev–Trinajstić information content (AvgIpc) is 2.89. The maximum absolute atomic E-state index is 10.9. The van der Waals surface area contributed by atoms with Crippen molar-refractivity contribution in [2.45, 2.75) is 46.6 Å². The molecular formula is C18H23N3O2. The van der Waals surface area contributed by atoms with Crippen molar-refractivity contribution in [3.63, 3.8) is 0 Å². The van der Waals surface area contributed by atoms with Crippen LogP contribution in [0.5, 0.6) is 0 Å². The van der Waals surface area contributed by atoms with Crippen molar-refractivity contribution in [3.8, 4) is 0 Å². The molecule has 1 aromatic heterocycles. The van der Waals surface area contributed by atoms with Gasteiger partial charge in [0.15, 0.2) is 0 Å².